The lowest BCUT2D eigenvalue weighted by molar-refractivity contribution is 0.152. The third kappa shape index (κ3) is 5.20. The minimum absolute atomic E-state index is 0.300. The number of carbonyl (C=O) groups excluding carboxylic acids is 1. The van der Waals surface area contributed by atoms with Crippen LogP contribution in [0.15, 0.2) is 26.2 Å². The molecule has 1 aromatic carbocycles. The molecule has 0 aliphatic carbocycles. The van der Waals surface area contributed by atoms with Crippen LogP contribution in [0, 0.1) is 0 Å². The van der Waals surface area contributed by atoms with Gasteiger partial charge in [0, 0.05) is 10.0 Å². The van der Waals surface area contributed by atoms with Crippen LogP contribution in [-0.2, 0) is 4.74 Å². The van der Waals surface area contributed by atoms with Gasteiger partial charge in [-0.25, -0.2) is 10.2 Å². The molecule has 1 N–H and O–H groups in total. The SMILES string of the molecule is CCOC(=O)N/N=C\c1cc(Br)cc(Br)c1OCC. The molecule has 0 aromatic heterocycles. The molecule has 0 aliphatic heterocycles. The van der Waals surface area contributed by atoms with Gasteiger partial charge in [0.2, 0.25) is 0 Å². The Balaban J connectivity index is 2.86. The average molecular weight is 394 g/mol. The van der Waals surface area contributed by atoms with E-state index in [9.17, 15) is 4.79 Å². The molecule has 0 fully saturated rings. The highest BCUT2D eigenvalue weighted by Gasteiger charge is 2.08. The standard InChI is InChI=1S/C12H14Br2N2O3/c1-3-18-11-8(5-9(13)6-10(11)14)7-15-16-12(17)19-4-2/h5-7H,3-4H2,1-2H3,(H,16,17)/b15-7-. The predicted molar refractivity (Wildman–Crippen MR) is 80.8 cm³/mol. The number of nitrogens with zero attached hydrogens (tertiary/aromatic N) is 1. The van der Waals surface area contributed by atoms with Crippen LogP contribution in [-0.4, -0.2) is 25.5 Å². The van der Waals surface area contributed by atoms with Gasteiger partial charge >= 0.3 is 6.09 Å². The molecule has 1 aromatic rings. The molecule has 1 rings (SSSR count). The van der Waals surface area contributed by atoms with E-state index in [2.05, 4.69) is 42.4 Å². The Morgan fingerprint density at radius 1 is 1.37 bits per heavy atom. The number of rotatable bonds is 5. The normalized spacial score (nSPS) is 10.5. The van der Waals surface area contributed by atoms with Crippen molar-refractivity contribution in [1.82, 2.24) is 5.43 Å². The molecule has 0 unspecified atom stereocenters. The second-order valence-electron chi connectivity index (χ2n) is 3.33. The van der Waals surface area contributed by atoms with Crippen molar-refractivity contribution in [2.75, 3.05) is 13.2 Å². The lowest BCUT2D eigenvalue weighted by Gasteiger charge is -2.10. The lowest BCUT2D eigenvalue weighted by Crippen LogP contribution is -2.18. The van der Waals surface area contributed by atoms with Crippen LogP contribution in [0.1, 0.15) is 19.4 Å². The van der Waals surface area contributed by atoms with Crippen LogP contribution in [0.25, 0.3) is 0 Å². The second-order valence-corrected chi connectivity index (χ2v) is 5.10. The summed E-state index contributed by atoms with van der Waals surface area (Å²) < 4.78 is 11.9. The predicted octanol–water partition coefficient (Wildman–Crippen LogP) is 3.69. The third-order valence-electron chi connectivity index (χ3n) is 1.96. The molecule has 0 saturated carbocycles. The number of halogens is 2. The Kier molecular flexibility index (Phi) is 6.86. The van der Waals surface area contributed by atoms with Crippen LogP contribution in [0.2, 0.25) is 0 Å². The van der Waals surface area contributed by atoms with Crippen LogP contribution < -0.4 is 10.2 Å². The summed E-state index contributed by atoms with van der Waals surface area (Å²) in [6, 6.07) is 3.72. The van der Waals surface area contributed by atoms with E-state index in [4.69, 9.17) is 9.47 Å². The minimum Gasteiger partial charge on any atom is -0.492 e. The van der Waals surface area contributed by atoms with E-state index in [0.717, 1.165) is 14.5 Å². The first-order valence-electron chi connectivity index (χ1n) is 5.66. The van der Waals surface area contributed by atoms with Gasteiger partial charge in [0.1, 0.15) is 5.75 Å². The van der Waals surface area contributed by atoms with Gasteiger partial charge in [-0.05, 0) is 41.9 Å². The van der Waals surface area contributed by atoms with Gasteiger partial charge < -0.3 is 9.47 Å². The molecular weight excluding hydrogens is 380 g/mol. The zero-order valence-corrected chi connectivity index (χ0v) is 13.7. The summed E-state index contributed by atoms with van der Waals surface area (Å²) in [7, 11) is 0. The highest BCUT2D eigenvalue weighted by molar-refractivity contribution is 9.11. The van der Waals surface area contributed by atoms with Crippen molar-refractivity contribution in [1.29, 1.82) is 0 Å². The third-order valence-corrected chi connectivity index (χ3v) is 3.01. The van der Waals surface area contributed by atoms with Gasteiger partial charge in [0.15, 0.2) is 0 Å². The molecule has 0 radical (unpaired) electrons. The van der Waals surface area contributed by atoms with Crippen LogP contribution in [0.5, 0.6) is 5.75 Å². The van der Waals surface area contributed by atoms with E-state index in [1.807, 2.05) is 19.1 Å². The summed E-state index contributed by atoms with van der Waals surface area (Å²) in [4.78, 5) is 11.1. The molecule has 7 heteroatoms. The fraction of sp³-hybridized carbons (Fsp3) is 0.333. The van der Waals surface area contributed by atoms with E-state index < -0.39 is 6.09 Å². The van der Waals surface area contributed by atoms with Gasteiger partial charge in [0.25, 0.3) is 0 Å². The Labute approximate surface area is 128 Å². The fourth-order valence-electron chi connectivity index (χ4n) is 1.29. The van der Waals surface area contributed by atoms with E-state index in [0.29, 0.717) is 19.0 Å². The number of hydrogen-bond acceptors (Lipinski definition) is 4. The van der Waals surface area contributed by atoms with Crippen LogP contribution >= 0.6 is 31.9 Å². The first-order valence-corrected chi connectivity index (χ1v) is 7.24. The van der Waals surface area contributed by atoms with E-state index in [1.54, 1.807) is 6.92 Å². The summed E-state index contributed by atoms with van der Waals surface area (Å²) >= 11 is 6.80. The Morgan fingerprint density at radius 2 is 2.11 bits per heavy atom. The fourth-order valence-corrected chi connectivity index (χ4v) is 2.66. The Hall–Kier alpha value is -1.08. The summed E-state index contributed by atoms with van der Waals surface area (Å²) in [5.41, 5.74) is 3.00. The van der Waals surface area contributed by atoms with E-state index in [1.165, 1.54) is 6.21 Å². The molecule has 0 aliphatic rings. The summed E-state index contributed by atoms with van der Waals surface area (Å²) in [5.74, 6) is 0.667. The van der Waals surface area contributed by atoms with Crippen molar-refractivity contribution in [2.24, 2.45) is 5.10 Å². The van der Waals surface area contributed by atoms with Crippen molar-refractivity contribution in [3.05, 3.63) is 26.6 Å². The van der Waals surface area contributed by atoms with Gasteiger partial charge in [-0.3, -0.25) is 0 Å². The minimum atomic E-state index is -0.592. The topological polar surface area (TPSA) is 59.9 Å². The quantitative estimate of drug-likeness (QED) is 0.613. The van der Waals surface area contributed by atoms with Crippen molar-refractivity contribution < 1.29 is 14.3 Å². The molecule has 0 saturated heterocycles. The number of benzene rings is 1. The van der Waals surface area contributed by atoms with Crippen molar-refractivity contribution in [3.63, 3.8) is 0 Å². The molecule has 5 nitrogen and oxygen atoms in total. The highest BCUT2D eigenvalue weighted by Crippen LogP contribution is 2.31. The molecule has 0 heterocycles. The van der Waals surface area contributed by atoms with Gasteiger partial charge in [-0.15, -0.1) is 0 Å². The Bertz CT molecular complexity index is 478. The maximum Gasteiger partial charge on any atom is 0.427 e. The number of hydrazone groups is 1. The Morgan fingerprint density at radius 3 is 2.74 bits per heavy atom. The number of carbonyl (C=O) groups is 1. The molecule has 0 atom stereocenters. The summed E-state index contributed by atoms with van der Waals surface area (Å²) in [5, 5.41) is 3.81. The average Bonchev–Trinajstić information content (AvgIpc) is 2.33. The molecule has 1 amide bonds. The smallest absolute Gasteiger partial charge is 0.427 e. The summed E-state index contributed by atoms with van der Waals surface area (Å²) in [6.45, 7) is 4.45. The molecule has 0 spiro atoms. The largest absolute Gasteiger partial charge is 0.492 e. The maximum absolute atomic E-state index is 11.1. The van der Waals surface area contributed by atoms with Crippen LogP contribution in [0.3, 0.4) is 0 Å². The first-order chi connectivity index (χ1) is 9.08. The van der Waals surface area contributed by atoms with E-state index in [-0.39, 0.29) is 0 Å². The van der Waals surface area contributed by atoms with Crippen molar-refractivity contribution >= 4 is 44.2 Å². The molecule has 0 bridgehead atoms. The monoisotopic (exact) mass is 392 g/mol. The van der Waals surface area contributed by atoms with Gasteiger partial charge in [-0.1, -0.05) is 15.9 Å². The molecule has 19 heavy (non-hydrogen) atoms. The second kappa shape index (κ2) is 8.16. The molecule has 104 valence electrons. The maximum atomic E-state index is 11.1. The van der Waals surface area contributed by atoms with Gasteiger partial charge in [0.05, 0.1) is 23.9 Å². The molecular formula is C12H14Br2N2O3. The number of ether oxygens (including phenoxy) is 2. The lowest BCUT2D eigenvalue weighted by atomic mass is 10.2. The van der Waals surface area contributed by atoms with Crippen LogP contribution in [0.4, 0.5) is 4.79 Å². The van der Waals surface area contributed by atoms with E-state index >= 15 is 0 Å². The first kappa shape index (κ1) is 16.0. The number of amides is 1. The van der Waals surface area contributed by atoms with Gasteiger partial charge in [-0.2, -0.15) is 5.10 Å². The number of nitrogens with one attached hydrogen (secondary N) is 1. The highest BCUT2D eigenvalue weighted by atomic mass is 79.9. The zero-order chi connectivity index (χ0) is 14.3. The van der Waals surface area contributed by atoms with Crippen molar-refractivity contribution in [3.8, 4) is 5.75 Å². The summed E-state index contributed by atoms with van der Waals surface area (Å²) in [6.07, 6.45) is 0.906. The van der Waals surface area contributed by atoms with Crippen molar-refractivity contribution in [2.45, 2.75) is 13.8 Å². The number of hydrogen-bond donors (Lipinski definition) is 1. The zero-order valence-electron chi connectivity index (χ0n) is 10.6.